The molecule has 0 aromatic carbocycles. The molecule has 1 heterocycles. The van der Waals surface area contributed by atoms with Crippen LogP contribution in [0.15, 0.2) is 21.9 Å². The molecule has 0 unspecified atom stereocenters. The van der Waals surface area contributed by atoms with Crippen molar-refractivity contribution in [3.05, 3.63) is 23.2 Å². The number of thioether (sulfide) groups is 1. The van der Waals surface area contributed by atoms with Crippen molar-refractivity contribution in [1.29, 1.82) is 0 Å². The van der Waals surface area contributed by atoms with E-state index in [1.54, 1.807) is 24.1 Å². The van der Waals surface area contributed by atoms with Gasteiger partial charge in [-0.15, -0.1) is 22.9 Å². The quantitative estimate of drug-likeness (QED) is 0.338. The van der Waals surface area contributed by atoms with Gasteiger partial charge in [-0.1, -0.05) is 23.9 Å². The molecule has 128 valence electrons. The minimum atomic E-state index is -0.372. The minimum Gasteiger partial charge on any atom is -0.461 e. The van der Waals surface area contributed by atoms with Crippen molar-refractivity contribution in [2.75, 3.05) is 12.4 Å². The number of hydrogen-bond acceptors (Lipinski definition) is 6. The standard InChI is InChI=1S/C16H22ClNO3S2/c1-3-5-11-10(12(17)8-14(11)19)6-7-22-16-18-13(9-23-16)15(20)21-4-2/h3,5,9-12,14,19H,4,6-8H2,1-2H3/b5-3+/t10-,11-,12-,14-/m1/s1. The molecule has 2 rings (SSSR count). The molecular weight excluding hydrogens is 354 g/mol. The van der Waals surface area contributed by atoms with Gasteiger partial charge in [0.05, 0.1) is 12.7 Å². The fourth-order valence-electron chi connectivity index (χ4n) is 2.86. The summed E-state index contributed by atoms with van der Waals surface area (Å²) in [5, 5.41) is 11.8. The van der Waals surface area contributed by atoms with E-state index < -0.39 is 0 Å². The van der Waals surface area contributed by atoms with E-state index in [2.05, 4.69) is 11.1 Å². The molecule has 23 heavy (non-hydrogen) atoms. The highest BCUT2D eigenvalue weighted by Gasteiger charge is 2.39. The van der Waals surface area contributed by atoms with Crippen LogP contribution in [0.4, 0.5) is 0 Å². The van der Waals surface area contributed by atoms with Crippen molar-refractivity contribution in [3.8, 4) is 0 Å². The number of esters is 1. The summed E-state index contributed by atoms with van der Waals surface area (Å²) in [4.78, 5) is 15.9. The smallest absolute Gasteiger partial charge is 0.357 e. The fraction of sp³-hybridized carbons (Fsp3) is 0.625. The van der Waals surface area contributed by atoms with Gasteiger partial charge in [0.15, 0.2) is 10.0 Å². The van der Waals surface area contributed by atoms with Crippen LogP contribution in [0.5, 0.6) is 0 Å². The molecule has 1 aliphatic carbocycles. The van der Waals surface area contributed by atoms with Crippen molar-refractivity contribution >= 4 is 40.7 Å². The molecule has 0 saturated heterocycles. The molecule has 0 radical (unpaired) electrons. The molecule has 0 amide bonds. The number of thiazole rings is 1. The zero-order valence-electron chi connectivity index (χ0n) is 13.3. The van der Waals surface area contributed by atoms with Crippen LogP contribution in [-0.2, 0) is 4.74 Å². The van der Waals surface area contributed by atoms with Gasteiger partial charge < -0.3 is 9.84 Å². The Labute approximate surface area is 150 Å². The zero-order chi connectivity index (χ0) is 16.8. The Bertz CT molecular complexity index is 549. The lowest BCUT2D eigenvalue weighted by molar-refractivity contribution is 0.0520. The highest BCUT2D eigenvalue weighted by molar-refractivity contribution is 8.01. The summed E-state index contributed by atoms with van der Waals surface area (Å²) < 4.78 is 5.80. The van der Waals surface area contributed by atoms with Crippen LogP contribution in [0.2, 0.25) is 0 Å². The maximum Gasteiger partial charge on any atom is 0.357 e. The molecule has 0 aliphatic heterocycles. The van der Waals surface area contributed by atoms with Crippen LogP contribution in [-0.4, -0.2) is 39.9 Å². The number of carbonyl (C=O) groups is 1. The summed E-state index contributed by atoms with van der Waals surface area (Å²) in [6.07, 6.45) is 5.26. The first-order chi connectivity index (χ1) is 11.1. The fourth-order valence-corrected chi connectivity index (χ4v) is 5.24. The van der Waals surface area contributed by atoms with Crippen molar-refractivity contribution in [2.24, 2.45) is 11.8 Å². The Morgan fingerprint density at radius 3 is 3.13 bits per heavy atom. The lowest BCUT2D eigenvalue weighted by Gasteiger charge is -2.19. The van der Waals surface area contributed by atoms with E-state index in [4.69, 9.17) is 16.3 Å². The number of hydrogen-bond donors (Lipinski definition) is 1. The van der Waals surface area contributed by atoms with Gasteiger partial charge >= 0.3 is 5.97 Å². The maximum atomic E-state index is 11.6. The van der Waals surface area contributed by atoms with Gasteiger partial charge in [0.1, 0.15) is 0 Å². The Kier molecular flexibility index (Phi) is 7.40. The second-order valence-corrected chi connectivity index (χ2v) is 8.20. The van der Waals surface area contributed by atoms with E-state index in [9.17, 15) is 9.90 Å². The first-order valence-corrected chi connectivity index (χ1v) is 10.1. The molecule has 7 heteroatoms. The van der Waals surface area contributed by atoms with Crippen LogP contribution >= 0.6 is 34.7 Å². The molecule has 4 nitrogen and oxygen atoms in total. The van der Waals surface area contributed by atoms with Crippen LogP contribution in [0.25, 0.3) is 0 Å². The number of aliphatic hydroxyl groups is 1. The van der Waals surface area contributed by atoms with E-state index in [1.165, 1.54) is 11.3 Å². The zero-order valence-corrected chi connectivity index (χ0v) is 15.7. The van der Waals surface area contributed by atoms with E-state index in [0.717, 1.165) is 16.5 Å². The number of allylic oxidation sites excluding steroid dienone is 1. The van der Waals surface area contributed by atoms with Crippen molar-refractivity contribution < 1.29 is 14.6 Å². The summed E-state index contributed by atoms with van der Waals surface area (Å²) in [7, 11) is 0. The maximum absolute atomic E-state index is 11.6. The van der Waals surface area contributed by atoms with Gasteiger partial charge in [0.2, 0.25) is 0 Å². The number of ether oxygens (including phenoxy) is 1. The van der Waals surface area contributed by atoms with E-state index in [-0.39, 0.29) is 29.3 Å². The molecule has 1 aromatic heterocycles. The molecule has 1 N–H and O–H groups in total. The largest absolute Gasteiger partial charge is 0.461 e. The van der Waals surface area contributed by atoms with Crippen molar-refractivity contribution in [2.45, 2.75) is 42.5 Å². The topological polar surface area (TPSA) is 59.4 Å². The van der Waals surface area contributed by atoms with Crippen molar-refractivity contribution in [3.63, 3.8) is 0 Å². The van der Waals surface area contributed by atoms with Gasteiger partial charge in [0.25, 0.3) is 0 Å². The summed E-state index contributed by atoms with van der Waals surface area (Å²) in [6.45, 7) is 4.10. The number of rotatable bonds is 7. The van der Waals surface area contributed by atoms with Crippen LogP contribution < -0.4 is 0 Å². The SMILES string of the molecule is C/C=C/[C@@H]1[C@@H](CCSc2nc(C(=O)OCC)cs2)[C@H](Cl)C[C@H]1O. The summed E-state index contributed by atoms with van der Waals surface area (Å²) in [6, 6.07) is 0. The van der Waals surface area contributed by atoms with Gasteiger partial charge in [-0.3, -0.25) is 0 Å². The second kappa shape index (κ2) is 9.06. The monoisotopic (exact) mass is 375 g/mol. The van der Waals surface area contributed by atoms with Gasteiger partial charge in [-0.05, 0) is 32.6 Å². The highest BCUT2D eigenvalue weighted by atomic mass is 35.5. The molecule has 1 fully saturated rings. The first-order valence-electron chi connectivity index (χ1n) is 7.77. The van der Waals surface area contributed by atoms with E-state index in [0.29, 0.717) is 18.7 Å². The van der Waals surface area contributed by atoms with E-state index in [1.807, 2.05) is 13.0 Å². The van der Waals surface area contributed by atoms with Gasteiger partial charge in [-0.2, -0.15) is 0 Å². The molecule has 1 aromatic rings. The number of aromatic nitrogens is 1. The summed E-state index contributed by atoms with van der Waals surface area (Å²) in [5.41, 5.74) is 0.373. The molecular formula is C16H22ClNO3S2. The second-order valence-electron chi connectivity index (χ2n) is 5.44. The number of nitrogens with zero attached hydrogens (tertiary/aromatic N) is 1. The Hall–Kier alpha value is -0.560. The van der Waals surface area contributed by atoms with Crippen molar-refractivity contribution in [1.82, 2.24) is 4.98 Å². The normalized spacial score (nSPS) is 27.7. The lowest BCUT2D eigenvalue weighted by atomic mass is 9.92. The predicted octanol–water partition coefficient (Wildman–Crippen LogP) is 3.98. The predicted molar refractivity (Wildman–Crippen MR) is 95.5 cm³/mol. The first kappa shape index (κ1) is 18.8. The number of alkyl halides is 1. The lowest BCUT2D eigenvalue weighted by Crippen LogP contribution is -2.19. The van der Waals surface area contributed by atoms with Crippen LogP contribution in [0.3, 0.4) is 0 Å². The minimum absolute atomic E-state index is 0.0122. The average molecular weight is 376 g/mol. The number of carbonyl (C=O) groups excluding carboxylic acids is 1. The third-order valence-corrected chi connectivity index (χ3v) is 6.49. The van der Waals surface area contributed by atoms with E-state index >= 15 is 0 Å². The van der Waals surface area contributed by atoms with Gasteiger partial charge in [0, 0.05) is 22.4 Å². The average Bonchev–Trinajstić information content (AvgIpc) is 3.08. The molecule has 4 atom stereocenters. The summed E-state index contributed by atoms with van der Waals surface area (Å²) >= 11 is 9.46. The van der Waals surface area contributed by atoms with Gasteiger partial charge in [-0.25, -0.2) is 9.78 Å². The number of aliphatic hydroxyl groups excluding tert-OH is 1. The Balaban J connectivity index is 1.86. The molecule has 1 aliphatic rings. The molecule has 0 spiro atoms. The highest BCUT2D eigenvalue weighted by Crippen LogP contribution is 2.40. The Morgan fingerprint density at radius 1 is 1.65 bits per heavy atom. The van der Waals surface area contributed by atoms with Crippen LogP contribution in [0, 0.1) is 11.8 Å². The Morgan fingerprint density at radius 2 is 2.43 bits per heavy atom. The third-order valence-electron chi connectivity index (χ3n) is 3.93. The van der Waals surface area contributed by atoms with Crippen LogP contribution in [0.1, 0.15) is 37.2 Å². The molecule has 1 saturated carbocycles. The summed E-state index contributed by atoms with van der Waals surface area (Å²) in [5.74, 6) is 0.905. The molecule has 0 bridgehead atoms. The number of halogens is 1. The third kappa shape index (κ3) is 4.95.